The van der Waals surface area contributed by atoms with Crippen LogP contribution in [-0.4, -0.2) is 50.8 Å². The van der Waals surface area contributed by atoms with Crippen LogP contribution >= 0.6 is 11.8 Å². The average molecular weight is 275 g/mol. The molecule has 0 atom stereocenters. The molecule has 0 aromatic rings. The van der Waals surface area contributed by atoms with Gasteiger partial charge in [0.05, 0.1) is 0 Å². The molecule has 0 aliphatic rings. The lowest BCUT2D eigenvalue weighted by Gasteiger charge is -2.11. The van der Waals surface area contributed by atoms with E-state index in [9.17, 15) is 0 Å². The van der Waals surface area contributed by atoms with Crippen molar-refractivity contribution < 1.29 is 4.74 Å². The summed E-state index contributed by atoms with van der Waals surface area (Å²) in [6.45, 7) is 8.42. The Morgan fingerprint density at radius 3 is 2.67 bits per heavy atom. The molecule has 2 N–H and O–H groups in total. The second-order valence-corrected chi connectivity index (χ2v) is 4.92. The van der Waals surface area contributed by atoms with Crippen molar-refractivity contribution in [1.82, 2.24) is 10.6 Å². The Morgan fingerprint density at radius 2 is 2.00 bits per heavy atom. The van der Waals surface area contributed by atoms with E-state index in [0.29, 0.717) is 0 Å². The number of guanidine groups is 1. The van der Waals surface area contributed by atoms with Crippen molar-refractivity contribution in [3.05, 3.63) is 0 Å². The number of nitrogens with zero attached hydrogens (tertiary/aromatic N) is 1. The van der Waals surface area contributed by atoms with Gasteiger partial charge < -0.3 is 15.4 Å². The van der Waals surface area contributed by atoms with Crippen molar-refractivity contribution in [2.75, 3.05) is 44.9 Å². The summed E-state index contributed by atoms with van der Waals surface area (Å²) in [5.74, 6) is 2.17. The standard InChI is InChI=1S/C13H29N3OS/c1-4-14-13(15-9-6-7-12-18-3)16-10-8-11-17-5-2/h4-12H2,1-3H3,(H2,14,15,16). The first kappa shape index (κ1) is 17.6. The van der Waals surface area contributed by atoms with Gasteiger partial charge in [0.15, 0.2) is 5.96 Å². The molecule has 0 heterocycles. The Kier molecular flexibility index (Phi) is 14.3. The van der Waals surface area contributed by atoms with Gasteiger partial charge in [-0.3, -0.25) is 4.99 Å². The van der Waals surface area contributed by atoms with Crippen molar-refractivity contribution in [2.24, 2.45) is 4.99 Å². The maximum Gasteiger partial charge on any atom is 0.191 e. The van der Waals surface area contributed by atoms with E-state index in [1.165, 1.54) is 18.6 Å². The van der Waals surface area contributed by atoms with Crippen molar-refractivity contribution in [1.29, 1.82) is 0 Å². The summed E-state index contributed by atoms with van der Waals surface area (Å²) in [5.41, 5.74) is 0. The zero-order valence-corrected chi connectivity index (χ0v) is 12.9. The minimum atomic E-state index is 0.789. The lowest BCUT2D eigenvalue weighted by atomic mass is 10.3. The molecular formula is C13H29N3OS. The van der Waals surface area contributed by atoms with Gasteiger partial charge in [0.2, 0.25) is 0 Å². The predicted octanol–water partition coefficient (Wildman–Crippen LogP) is 2.11. The summed E-state index contributed by atoms with van der Waals surface area (Å²) >= 11 is 1.90. The van der Waals surface area contributed by atoms with Gasteiger partial charge in [0, 0.05) is 32.8 Å². The first-order chi connectivity index (χ1) is 8.85. The monoisotopic (exact) mass is 275 g/mol. The maximum absolute atomic E-state index is 5.29. The quantitative estimate of drug-likeness (QED) is 0.344. The molecule has 4 nitrogen and oxygen atoms in total. The second kappa shape index (κ2) is 14.6. The van der Waals surface area contributed by atoms with Crippen LogP contribution in [0.5, 0.6) is 0 Å². The molecule has 0 radical (unpaired) electrons. The third-order valence-corrected chi connectivity index (χ3v) is 3.03. The highest BCUT2D eigenvalue weighted by Crippen LogP contribution is 1.97. The van der Waals surface area contributed by atoms with Gasteiger partial charge in [-0.25, -0.2) is 0 Å². The fourth-order valence-corrected chi connectivity index (χ4v) is 1.91. The number of aliphatic imine (C=N–C) groups is 1. The number of thioether (sulfide) groups is 1. The van der Waals surface area contributed by atoms with E-state index in [1.807, 2.05) is 18.7 Å². The van der Waals surface area contributed by atoms with Crippen LogP contribution in [0.15, 0.2) is 4.99 Å². The Morgan fingerprint density at radius 1 is 1.17 bits per heavy atom. The SMILES string of the molecule is CCNC(=NCCCOCC)NCCCCSC. The molecule has 0 saturated heterocycles. The molecule has 0 aromatic heterocycles. The maximum atomic E-state index is 5.29. The summed E-state index contributed by atoms with van der Waals surface area (Å²) in [5, 5.41) is 6.62. The Labute approximate surface area is 116 Å². The van der Waals surface area contributed by atoms with Gasteiger partial charge in [0.25, 0.3) is 0 Å². The fourth-order valence-electron chi connectivity index (χ4n) is 1.42. The summed E-state index contributed by atoms with van der Waals surface area (Å²) in [6.07, 6.45) is 5.59. The lowest BCUT2D eigenvalue weighted by Crippen LogP contribution is -2.37. The molecule has 0 spiro atoms. The summed E-state index contributed by atoms with van der Waals surface area (Å²) in [7, 11) is 0. The highest BCUT2D eigenvalue weighted by atomic mass is 32.2. The van der Waals surface area contributed by atoms with Crippen LogP contribution in [0.25, 0.3) is 0 Å². The molecule has 0 aromatic carbocycles. The van der Waals surface area contributed by atoms with E-state index in [1.54, 1.807) is 0 Å². The number of rotatable bonds is 11. The summed E-state index contributed by atoms with van der Waals surface area (Å²) in [4.78, 5) is 4.51. The number of nitrogens with one attached hydrogen (secondary N) is 2. The minimum Gasteiger partial charge on any atom is -0.382 e. The van der Waals surface area contributed by atoms with Crippen molar-refractivity contribution in [3.63, 3.8) is 0 Å². The molecule has 0 amide bonds. The van der Waals surface area contributed by atoms with Crippen molar-refractivity contribution in [2.45, 2.75) is 33.1 Å². The third-order valence-electron chi connectivity index (χ3n) is 2.33. The number of ether oxygens (including phenoxy) is 1. The van der Waals surface area contributed by atoms with Gasteiger partial charge in [-0.2, -0.15) is 11.8 Å². The second-order valence-electron chi connectivity index (χ2n) is 3.94. The van der Waals surface area contributed by atoms with Gasteiger partial charge in [-0.15, -0.1) is 0 Å². The minimum absolute atomic E-state index is 0.789. The molecule has 108 valence electrons. The molecule has 18 heavy (non-hydrogen) atoms. The zero-order chi connectivity index (χ0) is 13.5. The summed E-state index contributed by atoms with van der Waals surface area (Å²) in [6, 6.07) is 0. The Hall–Kier alpha value is -0.420. The van der Waals surface area contributed by atoms with E-state index in [2.05, 4.69) is 28.8 Å². The van der Waals surface area contributed by atoms with E-state index in [-0.39, 0.29) is 0 Å². The fraction of sp³-hybridized carbons (Fsp3) is 0.923. The molecule has 0 unspecified atom stereocenters. The van der Waals surface area contributed by atoms with Gasteiger partial charge >= 0.3 is 0 Å². The largest absolute Gasteiger partial charge is 0.382 e. The first-order valence-corrected chi connectivity index (χ1v) is 8.33. The van der Waals surface area contributed by atoms with Crippen LogP contribution < -0.4 is 10.6 Å². The highest BCUT2D eigenvalue weighted by molar-refractivity contribution is 7.98. The first-order valence-electron chi connectivity index (χ1n) is 6.94. The van der Waals surface area contributed by atoms with Crippen LogP contribution in [0.3, 0.4) is 0 Å². The Balaban J connectivity index is 3.65. The van der Waals surface area contributed by atoms with Gasteiger partial charge in [-0.05, 0) is 45.1 Å². The number of hydrogen-bond donors (Lipinski definition) is 2. The summed E-state index contributed by atoms with van der Waals surface area (Å²) < 4.78 is 5.29. The number of unbranched alkanes of at least 4 members (excludes halogenated alkanes) is 1. The van der Waals surface area contributed by atoms with Crippen LogP contribution in [0.1, 0.15) is 33.1 Å². The normalized spacial score (nSPS) is 11.6. The number of hydrogen-bond acceptors (Lipinski definition) is 3. The van der Waals surface area contributed by atoms with Crippen LogP contribution in [0, 0.1) is 0 Å². The highest BCUT2D eigenvalue weighted by Gasteiger charge is 1.96. The molecular weight excluding hydrogens is 246 g/mol. The van der Waals surface area contributed by atoms with E-state index in [0.717, 1.165) is 45.2 Å². The van der Waals surface area contributed by atoms with E-state index in [4.69, 9.17) is 4.74 Å². The van der Waals surface area contributed by atoms with Crippen LogP contribution in [0.2, 0.25) is 0 Å². The third kappa shape index (κ3) is 12.0. The molecule has 0 fully saturated rings. The molecule has 0 saturated carbocycles. The molecule has 0 bridgehead atoms. The van der Waals surface area contributed by atoms with Crippen molar-refractivity contribution in [3.8, 4) is 0 Å². The smallest absolute Gasteiger partial charge is 0.191 e. The zero-order valence-electron chi connectivity index (χ0n) is 12.1. The predicted molar refractivity (Wildman–Crippen MR) is 82.7 cm³/mol. The lowest BCUT2D eigenvalue weighted by molar-refractivity contribution is 0.146. The van der Waals surface area contributed by atoms with Crippen molar-refractivity contribution >= 4 is 17.7 Å². The van der Waals surface area contributed by atoms with Gasteiger partial charge in [0.1, 0.15) is 0 Å². The Bertz CT molecular complexity index is 201. The molecule has 5 heteroatoms. The van der Waals surface area contributed by atoms with E-state index >= 15 is 0 Å². The topological polar surface area (TPSA) is 45.7 Å². The van der Waals surface area contributed by atoms with Crippen LogP contribution in [-0.2, 0) is 4.74 Å². The molecule has 0 aliphatic carbocycles. The molecule has 0 rings (SSSR count). The average Bonchev–Trinajstić information content (AvgIpc) is 2.38. The molecule has 0 aliphatic heterocycles. The van der Waals surface area contributed by atoms with Crippen LogP contribution in [0.4, 0.5) is 0 Å². The van der Waals surface area contributed by atoms with Gasteiger partial charge in [-0.1, -0.05) is 0 Å². The van der Waals surface area contributed by atoms with E-state index < -0.39 is 0 Å².